The molecule has 0 saturated carbocycles. The molecule has 1 aromatic carbocycles. The quantitative estimate of drug-likeness (QED) is 0.872. The molecule has 2 aromatic rings. The maximum atomic E-state index is 5.78. The van der Waals surface area contributed by atoms with Crippen molar-refractivity contribution in [2.45, 2.75) is 26.2 Å². The van der Waals surface area contributed by atoms with Crippen LogP contribution >= 0.6 is 0 Å². The minimum atomic E-state index is 0.108. The molecule has 0 aliphatic heterocycles. The SMILES string of the molecule is CC(C)(C)c1cccc(Oc2ccnc(N)c2)c1. The molecule has 0 amide bonds. The molecule has 0 aliphatic rings. The first kappa shape index (κ1) is 12.4. The Hall–Kier alpha value is -2.03. The van der Waals surface area contributed by atoms with Gasteiger partial charge in [-0.1, -0.05) is 32.9 Å². The molecule has 0 bridgehead atoms. The third-order valence-electron chi connectivity index (χ3n) is 2.69. The molecule has 3 heteroatoms. The van der Waals surface area contributed by atoms with E-state index >= 15 is 0 Å². The minimum Gasteiger partial charge on any atom is -0.457 e. The van der Waals surface area contributed by atoms with Gasteiger partial charge in [-0.15, -0.1) is 0 Å². The van der Waals surface area contributed by atoms with Crippen molar-refractivity contribution < 1.29 is 4.74 Å². The van der Waals surface area contributed by atoms with E-state index < -0.39 is 0 Å². The lowest BCUT2D eigenvalue weighted by Crippen LogP contribution is -2.10. The number of hydrogen-bond donors (Lipinski definition) is 1. The summed E-state index contributed by atoms with van der Waals surface area (Å²) in [6.07, 6.45) is 1.64. The van der Waals surface area contributed by atoms with Crippen LogP contribution in [-0.2, 0) is 5.41 Å². The molecule has 1 aromatic heterocycles. The molecule has 94 valence electrons. The van der Waals surface area contributed by atoms with Crippen LogP contribution in [0, 0.1) is 0 Å². The first-order valence-electron chi connectivity index (χ1n) is 5.95. The number of nitrogens with two attached hydrogens (primary N) is 1. The second-order valence-corrected chi connectivity index (χ2v) is 5.30. The number of nitrogens with zero attached hydrogens (tertiary/aromatic N) is 1. The molecule has 2 rings (SSSR count). The van der Waals surface area contributed by atoms with Gasteiger partial charge in [0.25, 0.3) is 0 Å². The average Bonchev–Trinajstić information content (AvgIpc) is 2.28. The van der Waals surface area contributed by atoms with E-state index in [1.54, 1.807) is 18.3 Å². The van der Waals surface area contributed by atoms with Crippen molar-refractivity contribution in [2.24, 2.45) is 0 Å². The van der Waals surface area contributed by atoms with Gasteiger partial charge >= 0.3 is 0 Å². The van der Waals surface area contributed by atoms with Crippen LogP contribution in [0.5, 0.6) is 11.5 Å². The summed E-state index contributed by atoms with van der Waals surface area (Å²) < 4.78 is 5.78. The van der Waals surface area contributed by atoms with Gasteiger partial charge in [0.05, 0.1) is 0 Å². The average molecular weight is 242 g/mol. The molecule has 0 aliphatic carbocycles. The molecule has 0 fully saturated rings. The number of ether oxygens (including phenoxy) is 1. The zero-order valence-electron chi connectivity index (χ0n) is 11.0. The zero-order chi connectivity index (χ0) is 13.2. The summed E-state index contributed by atoms with van der Waals surface area (Å²) in [6, 6.07) is 11.6. The van der Waals surface area contributed by atoms with Gasteiger partial charge in [0.2, 0.25) is 0 Å². The van der Waals surface area contributed by atoms with Crippen molar-refractivity contribution in [3.05, 3.63) is 48.2 Å². The number of benzene rings is 1. The van der Waals surface area contributed by atoms with E-state index in [0.29, 0.717) is 11.6 Å². The fourth-order valence-electron chi connectivity index (χ4n) is 1.65. The normalized spacial score (nSPS) is 11.3. The molecule has 0 atom stereocenters. The van der Waals surface area contributed by atoms with Gasteiger partial charge in [-0.25, -0.2) is 4.98 Å². The number of rotatable bonds is 2. The monoisotopic (exact) mass is 242 g/mol. The van der Waals surface area contributed by atoms with Crippen LogP contribution in [0.2, 0.25) is 0 Å². The summed E-state index contributed by atoms with van der Waals surface area (Å²) in [6.45, 7) is 6.53. The molecule has 0 spiro atoms. The van der Waals surface area contributed by atoms with E-state index in [1.807, 2.05) is 12.1 Å². The highest BCUT2D eigenvalue weighted by Gasteiger charge is 2.14. The van der Waals surface area contributed by atoms with E-state index in [1.165, 1.54) is 5.56 Å². The van der Waals surface area contributed by atoms with Crippen LogP contribution in [0.25, 0.3) is 0 Å². The first-order chi connectivity index (χ1) is 8.45. The van der Waals surface area contributed by atoms with Gasteiger partial charge in [-0.2, -0.15) is 0 Å². The molecule has 0 saturated heterocycles. The summed E-state index contributed by atoms with van der Waals surface area (Å²) >= 11 is 0. The highest BCUT2D eigenvalue weighted by Crippen LogP contribution is 2.28. The molecular formula is C15H18N2O. The number of hydrogen-bond acceptors (Lipinski definition) is 3. The van der Waals surface area contributed by atoms with Gasteiger partial charge in [-0.05, 0) is 29.2 Å². The molecule has 0 radical (unpaired) electrons. The Morgan fingerprint density at radius 3 is 2.44 bits per heavy atom. The van der Waals surface area contributed by atoms with Crippen LogP contribution in [0.4, 0.5) is 5.82 Å². The maximum absolute atomic E-state index is 5.78. The minimum absolute atomic E-state index is 0.108. The van der Waals surface area contributed by atoms with E-state index in [2.05, 4.69) is 37.9 Å². The van der Waals surface area contributed by atoms with Gasteiger partial charge in [0.1, 0.15) is 17.3 Å². The Morgan fingerprint density at radius 1 is 1.06 bits per heavy atom. The first-order valence-corrected chi connectivity index (χ1v) is 5.95. The summed E-state index contributed by atoms with van der Waals surface area (Å²) in [5.74, 6) is 1.97. The van der Waals surface area contributed by atoms with Crippen molar-refractivity contribution in [2.75, 3.05) is 5.73 Å². The van der Waals surface area contributed by atoms with Crippen LogP contribution in [0.1, 0.15) is 26.3 Å². The van der Waals surface area contributed by atoms with Crippen LogP contribution in [-0.4, -0.2) is 4.98 Å². The lowest BCUT2D eigenvalue weighted by Gasteiger charge is -2.19. The summed E-state index contributed by atoms with van der Waals surface area (Å²) in [5, 5.41) is 0. The number of pyridine rings is 1. The van der Waals surface area contributed by atoms with E-state index in [4.69, 9.17) is 10.5 Å². The lowest BCUT2D eigenvalue weighted by atomic mass is 9.87. The fourth-order valence-corrected chi connectivity index (χ4v) is 1.65. The predicted octanol–water partition coefficient (Wildman–Crippen LogP) is 3.75. The van der Waals surface area contributed by atoms with Crippen molar-refractivity contribution in [3.63, 3.8) is 0 Å². The summed E-state index contributed by atoms with van der Waals surface area (Å²) in [5.41, 5.74) is 6.97. The predicted molar refractivity (Wildman–Crippen MR) is 73.9 cm³/mol. The molecule has 2 N–H and O–H groups in total. The zero-order valence-corrected chi connectivity index (χ0v) is 11.0. The number of aromatic nitrogens is 1. The third-order valence-corrected chi connectivity index (χ3v) is 2.69. The topological polar surface area (TPSA) is 48.1 Å². The Kier molecular flexibility index (Phi) is 3.24. The Bertz CT molecular complexity index is 544. The van der Waals surface area contributed by atoms with Crippen LogP contribution < -0.4 is 10.5 Å². The highest BCUT2D eigenvalue weighted by molar-refractivity contribution is 5.40. The van der Waals surface area contributed by atoms with Gasteiger partial charge < -0.3 is 10.5 Å². The van der Waals surface area contributed by atoms with Crippen LogP contribution in [0.3, 0.4) is 0 Å². The van der Waals surface area contributed by atoms with E-state index in [9.17, 15) is 0 Å². The van der Waals surface area contributed by atoms with Crippen molar-refractivity contribution in [1.82, 2.24) is 4.98 Å². The van der Waals surface area contributed by atoms with Gasteiger partial charge in [-0.3, -0.25) is 0 Å². The standard InChI is InChI=1S/C15H18N2O/c1-15(2,3)11-5-4-6-12(9-11)18-13-7-8-17-14(16)10-13/h4-10H,1-3H3,(H2,16,17). The smallest absolute Gasteiger partial charge is 0.132 e. The maximum Gasteiger partial charge on any atom is 0.132 e. The lowest BCUT2D eigenvalue weighted by molar-refractivity contribution is 0.478. The number of anilines is 1. The molecular weight excluding hydrogens is 224 g/mol. The van der Waals surface area contributed by atoms with Gasteiger partial charge in [0.15, 0.2) is 0 Å². The van der Waals surface area contributed by atoms with Crippen LogP contribution in [0.15, 0.2) is 42.6 Å². The molecule has 1 heterocycles. The second-order valence-electron chi connectivity index (χ2n) is 5.30. The Morgan fingerprint density at radius 2 is 1.78 bits per heavy atom. The number of nitrogen functional groups attached to an aromatic ring is 1. The second kappa shape index (κ2) is 4.69. The summed E-state index contributed by atoms with van der Waals surface area (Å²) in [7, 11) is 0. The van der Waals surface area contributed by atoms with Crippen molar-refractivity contribution in [1.29, 1.82) is 0 Å². The Balaban J connectivity index is 2.25. The highest BCUT2D eigenvalue weighted by atomic mass is 16.5. The van der Waals surface area contributed by atoms with Crippen molar-refractivity contribution in [3.8, 4) is 11.5 Å². The fraction of sp³-hybridized carbons (Fsp3) is 0.267. The van der Waals surface area contributed by atoms with E-state index in [-0.39, 0.29) is 5.41 Å². The third kappa shape index (κ3) is 3.00. The summed E-state index contributed by atoms with van der Waals surface area (Å²) in [4.78, 5) is 3.94. The molecule has 0 unspecified atom stereocenters. The largest absolute Gasteiger partial charge is 0.457 e. The Labute approximate surface area is 108 Å². The van der Waals surface area contributed by atoms with Crippen molar-refractivity contribution >= 4 is 5.82 Å². The van der Waals surface area contributed by atoms with E-state index in [0.717, 1.165) is 5.75 Å². The molecule has 3 nitrogen and oxygen atoms in total. The van der Waals surface area contributed by atoms with Gasteiger partial charge in [0, 0.05) is 12.3 Å². The molecule has 18 heavy (non-hydrogen) atoms.